The first-order valence-corrected chi connectivity index (χ1v) is 8.38. The Bertz CT molecular complexity index is 1020. The van der Waals surface area contributed by atoms with E-state index in [0.717, 1.165) is 17.8 Å². The van der Waals surface area contributed by atoms with Crippen molar-refractivity contribution >= 4 is 16.9 Å². The lowest BCUT2D eigenvalue weighted by Gasteiger charge is -2.17. The van der Waals surface area contributed by atoms with Gasteiger partial charge in [0.2, 0.25) is 0 Å². The number of nitrogens with zero attached hydrogens (tertiary/aromatic N) is 3. The Morgan fingerprint density at radius 3 is 2.80 bits per heavy atom. The van der Waals surface area contributed by atoms with Crippen molar-refractivity contribution in [3.63, 3.8) is 0 Å². The lowest BCUT2D eigenvalue weighted by atomic mass is 10.2. The summed E-state index contributed by atoms with van der Waals surface area (Å²) in [5, 5.41) is 5.01. The highest BCUT2D eigenvalue weighted by Gasteiger charge is 2.30. The minimum Gasteiger partial charge on any atom is -0.451 e. The molecular formula is C19H19N3O3. The van der Waals surface area contributed by atoms with Gasteiger partial charge in [0.05, 0.1) is 17.1 Å². The van der Waals surface area contributed by atoms with Gasteiger partial charge in [-0.1, -0.05) is 12.1 Å². The minimum atomic E-state index is -0.244. The number of hydrogen-bond acceptors (Lipinski definition) is 4. The second-order valence-corrected chi connectivity index (χ2v) is 6.54. The number of benzene rings is 1. The molecule has 1 aliphatic heterocycles. The monoisotopic (exact) mass is 337 g/mol. The van der Waals surface area contributed by atoms with Crippen LogP contribution in [0.3, 0.4) is 0 Å². The van der Waals surface area contributed by atoms with E-state index >= 15 is 0 Å². The zero-order chi connectivity index (χ0) is 17.6. The number of hydrogen-bond donors (Lipinski definition) is 0. The van der Waals surface area contributed by atoms with E-state index in [2.05, 4.69) is 5.10 Å². The van der Waals surface area contributed by atoms with Gasteiger partial charge in [0.15, 0.2) is 11.2 Å². The van der Waals surface area contributed by atoms with Crippen LogP contribution in [0, 0.1) is 13.8 Å². The van der Waals surface area contributed by atoms with E-state index < -0.39 is 0 Å². The van der Waals surface area contributed by atoms with Gasteiger partial charge in [-0.3, -0.25) is 14.3 Å². The molecule has 1 saturated heterocycles. The average Bonchev–Trinajstić information content (AvgIpc) is 3.20. The van der Waals surface area contributed by atoms with E-state index in [-0.39, 0.29) is 23.1 Å². The number of amides is 1. The molecule has 1 fully saturated rings. The summed E-state index contributed by atoms with van der Waals surface area (Å²) in [6.45, 7) is 5.17. The Hall–Kier alpha value is -2.89. The van der Waals surface area contributed by atoms with Gasteiger partial charge in [0.1, 0.15) is 5.58 Å². The Kier molecular flexibility index (Phi) is 3.67. The van der Waals surface area contributed by atoms with Gasteiger partial charge in [-0.05, 0) is 38.5 Å². The largest absolute Gasteiger partial charge is 0.451 e. The summed E-state index contributed by atoms with van der Waals surface area (Å²) in [7, 11) is 0. The summed E-state index contributed by atoms with van der Waals surface area (Å²) < 4.78 is 7.66. The van der Waals surface area contributed by atoms with Crippen molar-refractivity contribution in [3.05, 3.63) is 63.8 Å². The highest BCUT2D eigenvalue weighted by atomic mass is 16.3. The maximum absolute atomic E-state index is 12.8. The Labute approximate surface area is 144 Å². The summed E-state index contributed by atoms with van der Waals surface area (Å²) >= 11 is 0. The SMILES string of the molecule is Cc1cc(C)n([C@@H]2CCN(C(=O)c3cc(=O)c4ccccc4o3)C2)n1. The van der Waals surface area contributed by atoms with Gasteiger partial charge < -0.3 is 9.32 Å². The number of carbonyl (C=O) groups excluding carboxylic acids is 1. The van der Waals surface area contributed by atoms with Gasteiger partial charge in [-0.15, -0.1) is 0 Å². The normalized spacial score (nSPS) is 17.4. The van der Waals surface area contributed by atoms with Crippen molar-refractivity contribution < 1.29 is 9.21 Å². The molecule has 2 aromatic heterocycles. The number of aromatic nitrogens is 2. The number of carbonyl (C=O) groups is 1. The van der Waals surface area contributed by atoms with Crippen LogP contribution in [0.15, 0.2) is 45.6 Å². The van der Waals surface area contributed by atoms with Crippen molar-refractivity contribution in [2.24, 2.45) is 0 Å². The van der Waals surface area contributed by atoms with E-state index in [9.17, 15) is 9.59 Å². The summed E-state index contributed by atoms with van der Waals surface area (Å²) in [6.07, 6.45) is 0.839. The van der Waals surface area contributed by atoms with E-state index in [1.807, 2.05) is 24.6 Å². The maximum Gasteiger partial charge on any atom is 0.289 e. The smallest absolute Gasteiger partial charge is 0.289 e. The predicted molar refractivity (Wildman–Crippen MR) is 93.7 cm³/mol. The van der Waals surface area contributed by atoms with Crippen molar-refractivity contribution in [2.75, 3.05) is 13.1 Å². The predicted octanol–water partition coefficient (Wildman–Crippen LogP) is 2.69. The molecule has 4 rings (SSSR count). The maximum atomic E-state index is 12.8. The van der Waals surface area contributed by atoms with Crippen LogP contribution in [0.5, 0.6) is 0 Å². The average molecular weight is 337 g/mol. The van der Waals surface area contributed by atoms with Crippen LogP contribution < -0.4 is 5.43 Å². The molecule has 3 aromatic rings. The van der Waals surface area contributed by atoms with E-state index in [4.69, 9.17) is 4.42 Å². The highest BCUT2D eigenvalue weighted by molar-refractivity contribution is 5.93. The van der Waals surface area contributed by atoms with Crippen LogP contribution in [0.1, 0.15) is 34.4 Å². The van der Waals surface area contributed by atoms with Gasteiger partial charge in [-0.2, -0.15) is 5.10 Å². The first-order valence-electron chi connectivity index (χ1n) is 8.38. The van der Waals surface area contributed by atoms with Crippen LogP contribution >= 0.6 is 0 Å². The molecule has 0 radical (unpaired) electrons. The zero-order valence-electron chi connectivity index (χ0n) is 14.2. The van der Waals surface area contributed by atoms with Gasteiger partial charge in [0.25, 0.3) is 5.91 Å². The summed E-state index contributed by atoms with van der Waals surface area (Å²) in [5.74, 6) is -0.149. The third-order valence-electron chi connectivity index (χ3n) is 4.69. The number of para-hydroxylation sites is 1. The van der Waals surface area contributed by atoms with Crippen molar-refractivity contribution in [3.8, 4) is 0 Å². The van der Waals surface area contributed by atoms with Crippen LogP contribution in [0.4, 0.5) is 0 Å². The van der Waals surface area contributed by atoms with Crippen LogP contribution in [0.25, 0.3) is 11.0 Å². The molecule has 1 amide bonds. The number of likely N-dealkylation sites (tertiary alicyclic amines) is 1. The number of aryl methyl sites for hydroxylation is 2. The van der Waals surface area contributed by atoms with E-state index in [1.54, 1.807) is 29.2 Å². The zero-order valence-corrected chi connectivity index (χ0v) is 14.2. The van der Waals surface area contributed by atoms with Crippen molar-refractivity contribution in [1.82, 2.24) is 14.7 Å². The molecule has 25 heavy (non-hydrogen) atoms. The standard InChI is InChI=1S/C19H19N3O3/c1-12-9-13(2)22(20-12)14-7-8-21(11-14)19(24)18-10-16(23)15-5-3-4-6-17(15)25-18/h3-6,9-10,14H,7-8,11H2,1-2H3/t14-/m1/s1. The molecule has 1 aliphatic rings. The topological polar surface area (TPSA) is 68.3 Å². The second-order valence-electron chi connectivity index (χ2n) is 6.54. The molecule has 0 unspecified atom stereocenters. The quantitative estimate of drug-likeness (QED) is 0.721. The Morgan fingerprint density at radius 1 is 1.24 bits per heavy atom. The first-order chi connectivity index (χ1) is 12.0. The number of fused-ring (bicyclic) bond motifs is 1. The van der Waals surface area contributed by atoms with Gasteiger partial charge in [-0.25, -0.2) is 0 Å². The molecule has 6 heteroatoms. The van der Waals surface area contributed by atoms with Crippen molar-refractivity contribution in [2.45, 2.75) is 26.3 Å². The van der Waals surface area contributed by atoms with Crippen LogP contribution in [-0.2, 0) is 0 Å². The molecule has 6 nitrogen and oxygen atoms in total. The van der Waals surface area contributed by atoms with Gasteiger partial charge >= 0.3 is 0 Å². The third-order valence-corrected chi connectivity index (χ3v) is 4.69. The lowest BCUT2D eigenvalue weighted by molar-refractivity contribution is 0.0756. The fourth-order valence-electron chi connectivity index (χ4n) is 3.51. The third kappa shape index (κ3) is 2.73. The fraction of sp³-hybridized carbons (Fsp3) is 0.316. The van der Waals surface area contributed by atoms with E-state index in [1.165, 1.54) is 6.07 Å². The summed E-state index contributed by atoms with van der Waals surface area (Å²) in [4.78, 5) is 26.7. The molecular weight excluding hydrogens is 318 g/mol. The Balaban J connectivity index is 1.60. The summed E-state index contributed by atoms with van der Waals surface area (Å²) in [6, 6.07) is 10.5. The molecule has 0 saturated carbocycles. The van der Waals surface area contributed by atoms with Crippen LogP contribution in [-0.4, -0.2) is 33.7 Å². The molecule has 0 bridgehead atoms. The molecule has 0 N–H and O–H groups in total. The first kappa shape index (κ1) is 15.6. The van der Waals surface area contributed by atoms with Gasteiger partial charge in [0, 0.05) is 24.8 Å². The second kappa shape index (κ2) is 5.88. The fourth-order valence-corrected chi connectivity index (χ4v) is 3.51. The minimum absolute atomic E-state index is 0.0951. The highest BCUT2D eigenvalue weighted by Crippen LogP contribution is 2.25. The molecule has 1 atom stereocenters. The molecule has 128 valence electrons. The number of rotatable bonds is 2. The summed E-state index contributed by atoms with van der Waals surface area (Å²) in [5.41, 5.74) is 2.31. The molecule has 0 spiro atoms. The van der Waals surface area contributed by atoms with Crippen molar-refractivity contribution in [1.29, 1.82) is 0 Å². The van der Waals surface area contributed by atoms with E-state index in [0.29, 0.717) is 24.1 Å². The molecule has 1 aromatic carbocycles. The molecule has 0 aliphatic carbocycles. The lowest BCUT2D eigenvalue weighted by Crippen LogP contribution is -2.30. The Morgan fingerprint density at radius 2 is 2.04 bits per heavy atom. The van der Waals surface area contributed by atoms with Crippen LogP contribution in [0.2, 0.25) is 0 Å². The molecule has 3 heterocycles.